The molecule has 0 spiro atoms. The van der Waals surface area contributed by atoms with Gasteiger partial charge in [0.15, 0.2) is 5.88 Å². The van der Waals surface area contributed by atoms with Crippen LogP contribution in [0.3, 0.4) is 0 Å². The average molecular weight is 412 g/mol. The van der Waals surface area contributed by atoms with Crippen molar-refractivity contribution in [2.75, 3.05) is 26.4 Å². The maximum Gasteiger partial charge on any atom is 0.245 e. The van der Waals surface area contributed by atoms with Crippen LogP contribution in [0, 0.1) is 5.41 Å². The predicted octanol–water partition coefficient (Wildman–Crippen LogP) is 2.57. The van der Waals surface area contributed by atoms with Crippen molar-refractivity contribution in [2.24, 2.45) is 5.41 Å². The molecule has 1 atom stereocenters. The predicted molar refractivity (Wildman–Crippen MR) is 111 cm³/mol. The van der Waals surface area contributed by atoms with Gasteiger partial charge in [0, 0.05) is 40.8 Å². The van der Waals surface area contributed by atoms with Crippen molar-refractivity contribution in [1.29, 1.82) is 0 Å². The third-order valence-corrected chi connectivity index (χ3v) is 8.04. The Bertz CT molecular complexity index is 645. The molecule has 158 valence electrons. The lowest BCUT2D eigenvalue weighted by atomic mass is 9.83. The van der Waals surface area contributed by atoms with E-state index in [4.69, 9.17) is 9.47 Å². The number of carbonyl (C=O) groups is 1. The minimum Gasteiger partial charge on any atom is -0.475 e. The van der Waals surface area contributed by atoms with Gasteiger partial charge < -0.3 is 14.6 Å². The quantitative estimate of drug-likeness (QED) is 0.328. The van der Waals surface area contributed by atoms with E-state index in [0.717, 1.165) is 19.3 Å². The zero-order chi connectivity index (χ0) is 20.8. The maximum atomic E-state index is 13.2. The first-order valence-corrected chi connectivity index (χ1v) is 11.0. The molecule has 1 aliphatic heterocycles. The Morgan fingerprint density at radius 3 is 2.54 bits per heavy atom. The van der Waals surface area contributed by atoms with Gasteiger partial charge in [-0.2, -0.15) is 0 Å². The molecule has 1 unspecified atom stereocenters. The van der Waals surface area contributed by atoms with Crippen LogP contribution in [-0.4, -0.2) is 51.6 Å². The highest BCUT2D eigenvalue weighted by Gasteiger charge is 2.52. The molecule has 2 N–H and O–H groups in total. The highest BCUT2D eigenvalue weighted by atomic mass is 32.2. The third kappa shape index (κ3) is 5.13. The van der Waals surface area contributed by atoms with Gasteiger partial charge >= 0.3 is 0 Å². The summed E-state index contributed by atoms with van der Waals surface area (Å²) >= 11 is 0. The molecule has 7 heteroatoms. The van der Waals surface area contributed by atoms with E-state index in [1.54, 1.807) is 12.2 Å². The number of rotatable bonds is 10. The number of aliphatic hydroxyl groups excluding tert-OH is 1. The van der Waals surface area contributed by atoms with Gasteiger partial charge in [-0.15, -0.1) is 0 Å². The molecule has 28 heavy (non-hydrogen) atoms. The van der Waals surface area contributed by atoms with Gasteiger partial charge in [0.25, 0.3) is 0 Å². The Hall–Kier alpha value is -1.44. The topological polar surface area (TPSA) is 84.9 Å². The van der Waals surface area contributed by atoms with Crippen LogP contribution in [0.15, 0.2) is 36.8 Å². The van der Waals surface area contributed by atoms with E-state index < -0.39 is 21.0 Å². The summed E-state index contributed by atoms with van der Waals surface area (Å²) in [5.74, 6) is -0.0276. The zero-order valence-electron chi connectivity index (χ0n) is 17.0. The molecule has 6 nitrogen and oxygen atoms in total. The van der Waals surface area contributed by atoms with E-state index in [0.29, 0.717) is 31.6 Å². The number of allylic oxidation sites excluding steroid dienone is 1. The zero-order valence-corrected chi connectivity index (χ0v) is 17.8. The lowest BCUT2D eigenvalue weighted by Crippen LogP contribution is -2.57. The van der Waals surface area contributed by atoms with Gasteiger partial charge in [-0.1, -0.05) is 33.1 Å². The molecule has 0 aromatic rings. The molecule has 0 radical (unpaired) electrons. The van der Waals surface area contributed by atoms with Crippen molar-refractivity contribution in [2.45, 2.75) is 55.9 Å². The van der Waals surface area contributed by atoms with Crippen LogP contribution in [0.1, 0.15) is 46.0 Å². The van der Waals surface area contributed by atoms with E-state index in [1.807, 2.05) is 13.8 Å². The second-order valence-electron chi connectivity index (χ2n) is 8.09. The lowest BCUT2D eigenvalue weighted by Gasteiger charge is -2.42. The van der Waals surface area contributed by atoms with Crippen LogP contribution in [0.25, 0.3) is 0 Å². The summed E-state index contributed by atoms with van der Waals surface area (Å²) in [4.78, 5) is 13.1. The standard InChI is InChI=1S/C21H33NO5S/c1-5-11-27-18(14-16(2)20(3,4)15-23)22-19(24)21(9-6-10-21)28(25)17-7-12-26-13-8-17/h5,14,17,23H,1-2,6-13,15H2,3-4H3,(H,22,24)/b18-14-. The van der Waals surface area contributed by atoms with Crippen LogP contribution in [0.5, 0.6) is 0 Å². The summed E-state index contributed by atoms with van der Waals surface area (Å²) in [6.45, 7) is 12.7. The van der Waals surface area contributed by atoms with Gasteiger partial charge in [-0.25, -0.2) is 0 Å². The van der Waals surface area contributed by atoms with E-state index in [2.05, 4.69) is 18.5 Å². The first-order chi connectivity index (χ1) is 13.3. The summed E-state index contributed by atoms with van der Waals surface area (Å²) in [5, 5.41) is 12.4. The Labute approximate surface area is 170 Å². The van der Waals surface area contributed by atoms with Gasteiger partial charge in [0.2, 0.25) is 5.91 Å². The van der Waals surface area contributed by atoms with Crippen molar-refractivity contribution in [1.82, 2.24) is 5.32 Å². The number of amides is 1. The lowest BCUT2D eigenvalue weighted by molar-refractivity contribution is -0.125. The molecular weight excluding hydrogens is 378 g/mol. The molecular formula is C21H33NO5S. The van der Waals surface area contributed by atoms with E-state index >= 15 is 0 Å². The fourth-order valence-electron chi connectivity index (χ4n) is 3.17. The van der Waals surface area contributed by atoms with Gasteiger partial charge in [-0.3, -0.25) is 14.3 Å². The summed E-state index contributed by atoms with van der Waals surface area (Å²) in [5.41, 5.74) is 0.0784. The van der Waals surface area contributed by atoms with Crippen LogP contribution < -0.4 is 5.32 Å². The number of carbonyl (C=O) groups excluding carboxylic acids is 1. The third-order valence-electron chi connectivity index (χ3n) is 5.59. The number of nitrogens with one attached hydrogen (secondary N) is 1. The number of aliphatic hydroxyl groups is 1. The fourth-order valence-corrected chi connectivity index (χ4v) is 5.35. The van der Waals surface area contributed by atoms with Crippen molar-refractivity contribution in [3.8, 4) is 0 Å². The second-order valence-corrected chi connectivity index (χ2v) is 10.1. The summed E-state index contributed by atoms with van der Waals surface area (Å²) in [6, 6.07) is 0. The van der Waals surface area contributed by atoms with Crippen molar-refractivity contribution in [3.63, 3.8) is 0 Å². The van der Waals surface area contributed by atoms with Crippen molar-refractivity contribution >= 4 is 16.7 Å². The number of ether oxygens (including phenoxy) is 2. The molecule has 2 aliphatic rings. The van der Waals surface area contributed by atoms with Gasteiger partial charge in [0.1, 0.15) is 11.4 Å². The minimum absolute atomic E-state index is 0.00962. The van der Waals surface area contributed by atoms with Gasteiger partial charge in [0.05, 0.1) is 6.61 Å². The van der Waals surface area contributed by atoms with E-state index in [9.17, 15) is 14.1 Å². The first kappa shape index (κ1) is 22.8. The molecule has 1 amide bonds. The first-order valence-electron chi connectivity index (χ1n) is 9.82. The normalized spacial score (nSPS) is 21.3. The molecule has 0 bridgehead atoms. The summed E-state index contributed by atoms with van der Waals surface area (Å²) < 4.78 is 23.3. The monoisotopic (exact) mass is 411 g/mol. The smallest absolute Gasteiger partial charge is 0.245 e. The average Bonchev–Trinajstić information content (AvgIpc) is 2.65. The maximum absolute atomic E-state index is 13.2. The summed E-state index contributed by atoms with van der Waals surface area (Å²) in [7, 11) is -1.26. The van der Waals surface area contributed by atoms with Crippen molar-refractivity contribution in [3.05, 3.63) is 36.8 Å². The Kier molecular flexibility index (Phi) is 8.04. The van der Waals surface area contributed by atoms with E-state index in [1.165, 1.54) is 0 Å². The van der Waals surface area contributed by atoms with Crippen molar-refractivity contribution < 1.29 is 23.6 Å². The molecule has 2 fully saturated rings. The van der Waals surface area contributed by atoms with Crippen LogP contribution in [0.2, 0.25) is 0 Å². The molecule has 2 rings (SSSR count). The highest BCUT2D eigenvalue weighted by Crippen LogP contribution is 2.41. The number of hydrogen-bond donors (Lipinski definition) is 2. The molecule has 0 aromatic heterocycles. The van der Waals surface area contributed by atoms with Gasteiger partial charge in [-0.05, 0) is 37.7 Å². The minimum atomic E-state index is -1.26. The van der Waals surface area contributed by atoms with E-state index in [-0.39, 0.29) is 30.3 Å². The Balaban J connectivity index is 2.17. The SMILES string of the molecule is C=CCO/C(=C\C(=C)C(C)(C)CO)NC(=O)C1(S(=O)C2CCOCC2)CCC1. The fraction of sp³-hybridized carbons (Fsp3) is 0.667. The summed E-state index contributed by atoms with van der Waals surface area (Å²) in [6.07, 6.45) is 6.76. The molecule has 1 aliphatic carbocycles. The second kappa shape index (κ2) is 9.85. The molecule has 1 saturated carbocycles. The molecule has 1 saturated heterocycles. The largest absolute Gasteiger partial charge is 0.475 e. The highest BCUT2D eigenvalue weighted by molar-refractivity contribution is 7.88. The van der Waals surface area contributed by atoms with Crippen LogP contribution in [0.4, 0.5) is 0 Å². The van der Waals surface area contributed by atoms with Crippen LogP contribution in [-0.2, 0) is 25.1 Å². The molecule has 0 aromatic carbocycles. The molecule has 1 heterocycles. The number of hydrogen-bond acceptors (Lipinski definition) is 5. The Morgan fingerprint density at radius 1 is 1.39 bits per heavy atom. The Morgan fingerprint density at radius 2 is 2.04 bits per heavy atom. The van der Waals surface area contributed by atoms with Crippen LogP contribution >= 0.6 is 0 Å².